The van der Waals surface area contributed by atoms with Gasteiger partial charge in [0.15, 0.2) is 30.5 Å². The summed E-state index contributed by atoms with van der Waals surface area (Å²) in [6.45, 7) is 4.38. The summed E-state index contributed by atoms with van der Waals surface area (Å²) >= 11 is 0. The molecule has 0 fully saturated rings. The molecule has 1 atom stereocenters. The van der Waals surface area contributed by atoms with Gasteiger partial charge in [-0.25, -0.2) is 4.57 Å². The SMILES string of the molecule is CC(=O)c1c[n+](Cc2ccccc2)ccc1CC1CCc2cc(C)ccc2C1=O.[Br-]. The number of ketones is 2. The molecule has 0 radical (unpaired) electrons. The van der Waals surface area contributed by atoms with Crippen LogP contribution in [0.25, 0.3) is 0 Å². The number of carbonyl (C=O) groups is 2. The molecule has 154 valence electrons. The number of carbonyl (C=O) groups excluding carboxylic acids is 2. The number of aromatic nitrogens is 1. The second-order valence-corrected chi connectivity index (χ2v) is 8.06. The Morgan fingerprint density at radius 2 is 1.87 bits per heavy atom. The standard InChI is InChI=1S/C26H26NO2.BrH/c1-18-8-11-24-21(14-18)9-10-23(26(24)29)15-22-12-13-27(17-25(22)19(2)28)16-20-6-4-3-5-7-20;/h3-8,11-14,17,23H,9-10,15-16H2,1-2H3;1H/q+1;/p-1. The fraction of sp³-hybridized carbons (Fsp3) is 0.269. The number of fused-ring (bicyclic) bond motifs is 1. The summed E-state index contributed by atoms with van der Waals surface area (Å²) in [5.74, 6) is 0.191. The zero-order valence-electron chi connectivity index (χ0n) is 17.4. The Kier molecular flexibility index (Phi) is 6.99. The number of Topliss-reactive ketones (excluding diaryl/α,β-unsaturated/α-hetero) is 2. The van der Waals surface area contributed by atoms with Gasteiger partial charge < -0.3 is 17.0 Å². The van der Waals surface area contributed by atoms with Crippen LogP contribution in [0.2, 0.25) is 0 Å². The molecule has 1 heterocycles. The lowest BCUT2D eigenvalue weighted by Crippen LogP contribution is -3.00. The minimum absolute atomic E-state index is 0. The normalized spacial score (nSPS) is 15.3. The molecule has 3 aromatic rings. The molecule has 1 aromatic heterocycles. The van der Waals surface area contributed by atoms with Crippen LogP contribution in [0.3, 0.4) is 0 Å². The van der Waals surface area contributed by atoms with Gasteiger partial charge in [-0.3, -0.25) is 9.59 Å². The number of benzene rings is 2. The first kappa shape index (κ1) is 22.1. The van der Waals surface area contributed by atoms with Gasteiger partial charge >= 0.3 is 0 Å². The highest BCUT2D eigenvalue weighted by molar-refractivity contribution is 6.01. The molecule has 0 bridgehead atoms. The van der Waals surface area contributed by atoms with Crippen molar-refractivity contribution in [1.82, 2.24) is 0 Å². The van der Waals surface area contributed by atoms with Gasteiger partial charge in [0.05, 0.1) is 5.56 Å². The number of aryl methyl sites for hydroxylation is 2. The molecule has 0 aliphatic heterocycles. The van der Waals surface area contributed by atoms with Gasteiger partial charge in [0.2, 0.25) is 0 Å². The summed E-state index contributed by atoms with van der Waals surface area (Å²) in [7, 11) is 0. The first-order valence-corrected chi connectivity index (χ1v) is 10.2. The molecule has 2 aromatic carbocycles. The van der Waals surface area contributed by atoms with Crippen LogP contribution in [-0.4, -0.2) is 11.6 Å². The van der Waals surface area contributed by atoms with Crippen LogP contribution in [0.15, 0.2) is 67.0 Å². The predicted octanol–water partition coefficient (Wildman–Crippen LogP) is 1.53. The third-order valence-corrected chi connectivity index (χ3v) is 5.82. The van der Waals surface area contributed by atoms with Crippen molar-refractivity contribution in [1.29, 1.82) is 0 Å². The van der Waals surface area contributed by atoms with Gasteiger partial charge in [-0.15, -0.1) is 0 Å². The van der Waals surface area contributed by atoms with Crippen molar-refractivity contribution >= 4 is 11.6 Å². The maximum atomic E-state index is 13.0. The summed E-state index contributed by atoms with van der Waals surface area (Å²) in [5, 5.41) is 0. The zero-order chi connectivity index (χ0) is 20.4. The molecule has 0 spiro atoms. The third kappa shape index (κ3) is 4.76. The number of hydrogen-bond donors (Lipinski definition) is 0. The topological polar surface area (TPSA) is 38.0 Å². The van der Waals surface area contributed by atoms with Crippen molar-refractivity contribution < 1.29 is 31.1 Å². The molecule has 0 saturated carbocycles. The Bertz CT molecular complexity index is 1080. The molecule has 4 heteroatoms. The van der Waals surface area contributed by atoms with E-state index in [0.29, 0.717) is 12.0 Å². The highest BCUT2D eigenvalue weighted by atomic mass is 79.9. The largest absolute Gasteiger partial charge is 1.00 e. The van der Waals surface area contributed by atoms with Crippen LogP contribution in [0.4, 0.5) is 0 Å². The molecule has 1 unspecified atom stereocenters. The van der Waals surface area contributed by atoms with Crippen LogP contribution >= 0.6 is 0 Å². The van der Waals surface area contributed by atoms with Crippen molar-refractivity contribution in [3.05, 3.63) is 100 Å². The van der Waals surface area contributed by atoms with Crippen LogP contribution < -0.4 is 21.5 Å². The van der Waals surface area contributed by atoms with Gasteiger partial charge in [-0.05, 0) is 44.2 Å². The fourth-order valence-corrected chi connectivity index (χ4v) is 4.27. The Morgan fingerprint density at radius 3 is 2.60 bits per heavy atom. The Balaban J connectivity index is 0.00000256. The lowest BCUT2D eigenvalue weighted by molar-refractivity contribution is -0.688. The van der Waals surface area contributed by atoms with Crippen molar-refractivity contribution in [2.75, 3.05) is 0 Å². The molecule has 1 aliphatic carbocycles. The van der Waals surface area contributed by atoms with E-state index in [1.165, 1.54) is 11.1 Å². The highest BCUT2D eigenvalue weighted by Gasteiger charge is 2.29. The van der Waals surface area contributed by atoms with Gasteiger partial charge in [-0.2, -0.15) is 0 Å². The molecule has 0 amide bonds. The molecule has 3 nitrogen and oxygen atoms in total. The summed E-state index contributed by atoms with van der Waals surface area (Å²) in [6.07, 6.45) is 6.32. The quantitative estimate of drug-likeness (QED) is 0.425. The van der Waals surface area contributed by atoms with E-state index in [9.17, 15) is 9.59 Å². The first-order valence-electron chi connectivity index (χ1n) is 10.2. The Labute approximate surface area is 188 Å². The summed E-state index contributed by atoms with van der Waals surface area (Å²) in [6, 6.07) is 18.3. The van der Waals surface area contributed by atoms with Crippen LogP contribution in [0.1, 0.15) is 56.3 Å². The van der Waals surface area contributed by atoms with Crippen LogP contribution in [0, 0.1) is 12.8 Å². The fourth-order valence-electron chi connectivity index (χ4n) is 4.27. The van der Waals surface area contributed by atoms with Gasteiger partial charge in [-0.1, -0.05) is 54.1 Å². The highest BCUT2D eigenvalue weighted by Crippen LogP contribution is 2.29. The maximum Gasteiger partial charge on any atom is 0.180 e. The Hall–Kier alpha value is -2.59. The second-order valence-electron chi connectivity index (χ2n) is 8.06. The molecule has 1 aliphatic rings. The summed E-state index contributed by atoms with van der Waals surface area (Å²) < 4.78 is 2.04. The second kappa shape index (κ2) is 9.48. The number of rotatable bonds is 5. The van der Waals surface area contributed by atoms with Crippen LogP contribution in [-0.2, 0) is 19.4 Å². The Morgan fingerprint density at radius 1 is 1.10 bits per heavy atom. The maximum absolute atomic E-state index is 13.0. The lowest BCUT2D eigenvalue weighted by Gasteiger charge is -2.24. The minimum atomic E-state index is -0.0618. The van der Waals surface area contributed by atoms with Crippen molar-refractivity contribution in [3.63, 3.8) is 0 Å². The summed E-state index contributed by atoms with van der Waals surface area (Å²) in [4.78, 5) is 25.4. The van der Waals surface area contributed by atoms with Gasteiger partial charge in [0.1, 0.15) is 0 Å². The molecular formula is C26H26BrNO2. The van der Waals surface area contributed by atoms with E-state index in [2.05, 4.69) is 25.1 Å². The van der Waals surface area contributed by atoms with E-state index in [-0.39, 0.29) is 34.5 Å². The number of halogens is 1. The number of pyridine rings is 1. The molecular weight excluding hydrogens is 438 g/mol. The van der Waals surface area contributed by atoms with Crippen molar-refractivity contribution in [3.8, 4) is 0 Å². The predicted molar refractivity (Wildman–Crippen MR) is 113 cm³/mol. The molecule has 4 rings (SSSR count). The van der Waals surface area contributed by atoms with E-state index in [1.807, 2.05) is 53.4 Å². The van der Waals surface area contributed by atoms with Gasteiger partial charge in [0, 0.05) is 23.1 Å². The van der Waals surface area contributed by atoms with E-state index in [0.717, 1.165) is 36.1 Å². The van der Waals surface area contributed by atoms with Crippen molar-refractivity contribution in [2.45, 2.75) is 39.7 Å². The molecule has 0 N–H and O–H groups in total. The average molecular weight is 464 g/mol. The van der Waals surface area contributed by atoms with E-state index in [4.69, 9.17) is 0 Å². The monoisotopic (exact) mass is 463 g/mol. The number of nitrogens with zero attached hydrogens (tertiary/aromatic N) is 1. The van der Waals surface area contributed by atoms with E-state index in [1.54, 1.807) is 6.92 Å². The zero-order valence-corrected chi connectivity index (χ0v) is 19.0. The van der Waals surface area contributed by atoms with E-state index >= 15 is 0 Å². The number of hydrogen-bond acceptors (Lipinski definition) is 2. The van der Waals surface area contributed by atoms with E-state index < -0.39 is 0 Å². The van der Waals surface area contributed by atoms with Gasteiger partial charge in [0.25, 0.3) is 0 Å². The minimum Gasteiger partial charge on any atom is -1.00 e. The average Bonchev–Trinajstić information content (AvgIpc) is 2.71. The summed E-state index contributed by atoms with van der Waals surface area (Å²) in [5.41, 5.74) is 6.08. The van der Waals surface area contributed by atoms with Crippen molar-refractivity contribution in [2.24, 2.45) is 5.92 Å². The molecule has 30 heavy (non-hydrogen) atoms. The van der Waals surface area contributed by atoms with Crippen LogP contribution in [0.5, 0.6) is 0 Å². The third-order valence-electron chi connectivity index (χ3n) is 5.82. The smallest absolute Gasteiger partial charge is 0.180 e. The lowest BCUT2D eigenvalue weighted by atomic mass is 9.79. The molecule has 0 saturated heterocycles. The first-order chi connectivity index (χ1) is 14.0.